The van der Waals surface area contributed by atoms with Crippen LogP contribution < -0.4 is 15.2 Å². The smallest absolute Gasteiger partial charge is 0.222 e. The number of methoxy groups -OCH3 is 1. The predicted molar refractivity (Wildman–Crippen MR) is 91.5 cm³/mol. The van der Waals surface area contributed by atoms with Crippen LogP contribution in [-0.2, 0) is 4.79 Å². The first-order chi connectivity index (χ1) is 11.5. The average Bonchev–Trinajstić information content (AvgIpc) is 2.59. The second kappa shape index (κ2) is 8.68. The van der Waals surface area contributed by atoms with Crippen molar-refractivity contribution in [3.8, 4) is 11.5 Å². The van der Waals surface area contributed by atoms with Crippen molar-refractivity contribution in [2.45, 2.75) is 38.6 Å². The number of carbonyl (C=O) groups excluding carboxylic acids is 2. The second-order valence-corrected chi connectivity index (χ2v) is 6.09. The molecule has 2 rings (SSSR count). The van der Waals surface area contributed by atoms with E-state index in [4.69, 9.17) is 15.2 Å². The summed E-state index contributed by atoms with van der Waals surface area (Å²) >= 11 is 0. The normalized spacial score (nSPS) is 15.2. The van der Waals surface area contributed by atoms with Gasteiger partial charge in [-0.1, -0.05) is 0 Å². The first-order valence-corrected chi connectivity index (χ1v) is 8.36. The number of ether oxygens (including phenoxy) is 2. The van der Waals surface area contributed by atoms with E-state index in [1.54, 1.807) is 18.2 Å². The van der Waals surface area contributed by atoms with Crippen LogP contribution in [-0.4, -0.2) is 49.4 Å². The summed E-state index contributed by atoms with van der Waals surface area (Å²) in [7, 11) is 1.54. The Balaban J connectivity index is 1.77. The molecule has 1 amide bonds. The zero-order valence-electron chi connectivity index (χ0n) is 14.4. The lowest BCUT2D eigenvalue weighted by Crippen LogP contribution is -2.42. The van der Waals surface area contributed by atoms with Gasteiger partial charge in [0.05, 0.1) is 13.7 Å². The molecule has 24 heavy (non-hydrogen) atoms. The SMILES string of the molecule is COc1cc(C(C)=O)ccc1OCCCC(=O)N1CCC(N)CC1. The minimum atomic E-state index is -0.0216. The maximum atomic E-state index is 12.1. The van der Waals surface area contributed by atoms with Crippen molar-refractivity contribution in [2.75, 3.05) is 26.8 Å². The fourth-order valence-corrected chi connectivity index (χ4v) is 2.72. The molecule has 0 atom stereocenters. The molecule has 2 N–H and O–H groups in total. The van der Waals surface area contributed by atoms with Crippen molar-refractivity contribution in [1.29, 1.82) is 0 Å². The van der Waals surface area contributed by atoms with Crippen LogP contribution in [0.25, 0.3) is 0 Å². The molecule has 6 heteroatoms. The van der Waals surface area contributed by atoms with Gasteiger partial charge in [0.25, 0.3) is 0 Å². The summed E-state index contributed by atoms with van der Waals surface area (Å²) in [5.74, 6) is 1.24. The Kier molecular flexibility index (Phi) is 6.61. The largest absolute Gasteiger partial charge is 0.493 e. The van der Waals surface area contributed by atoms with Crippen LogP contribution in [0.3, 0.4) is 0 Å². The molecule has 1 aromatic carbocycles. The van der Waals surface area contributed by atoms with Gasteiger partial charge in [-0.2, -0.15) is 0 Å². The molecule has 1 saturated heterocycles. The molecule has 0 bridgehead atoms. The number of ketones is 1. The highest BCUT2D eigenvalue weighted by atomic mass is 16.5. The van der Waals surface area contributed by atoms with Crippen LogP contribution in [0, 0.1) is 0 Å². The monoisotopic (exact) mass is 334 g/mol. The third-order valence-corrected chi connectivity index (χ3v) is 4.26. The van der Waals surface area contributed by atoms with Crippen molar-refractivity contribution in [3.05, 3.63) is 23.8 Å². The standard InChI is InChI=1S/C18H26N2O4/c1-13(21)14-5-6-16(17(12-14)23-2)24-11-3-4-18(22)20-9-7-15(19)8-10-20/h5-6,12,15H,3-4,7-11,19H2,1-2H3. The zero-order valence-corrected chi connectivity index (χ0v) is 14.4. The number of nitrogens with two attached hydrogens (primary N) is 1. The molecule has 1 aliphatic rings. The van der Waals surface area contributed by atoms with E-state index < -0.39 is 0 Å². The fraction of sp³-hybridized carbons (Fsp3) is 0.556. The number of benzene rings is 1. The van der Waals surface area contributed by atoms with E-state index in [-0.39, 0.29) is 17.7 Å². The summed E-state index contributed by atoms with van der Waals surface area (Å²) in [4.78, 5) is 25.4. The second-order valence-electron chi connectivity index (χ2n) is 6.09. The average molecular weight is 334 g/mol. The molecule has 1 aliphatic heterocycles. The lowest BCUT2D eigenvalue weighted by Gasteiger charge is -2.30. The quantitative estimate of drug-likeness (QED) is 0.609. The first-order valence-electron chi connectivity index (χ1n) is 8.36. The molecule has 0 unspecified atom stereocenters. The summed E-state index contributed by atoms with van der Waals surface area (Å²) in [5, 5.41) is 0. The molecule has 132 valence electrons. The Morgan fingerprint density at radius 3 is 2.58 bits per heavy atom. The topological polar surface area (TPSA) is 81.9 Å². The highest BCUT2D eigenvalue weighted by molar-refractivity contribution is 5.94. The van der Waals surface area contributed by atoms with Gasteiger partial charge in [0, 0.05) is 31.1 Å². The lowest BCUT2D eigenvalue weighted by atomic mass is 10.1. The van der Waals surface area contributed by atoms with Crippen LogP contribution in [0.5, 0.6) is 11.5 Å². The maximum absolute atomic E-state index is 12.1. The summed E-state index contributed by atoms with van der Waals surface area (Å²) in [6.07, 6.45) is 2.85. The van der Waals surface area contributed by atoms with E-state index >= 15 is 0 Å². The van der Waals surface area contributed by atoms with E-state index in [9.17, 15) is 9.59 Å². The molecule has 0 spiro atoms. The van der Waals surface area contributed by atoms with Crippen molar-refractivity contribution >= 4 is 11.7 Å². The summed E-state index contributed by atoms with van der Waals surface area (Å²) < 4.78 is 10.9. The van der Waals surface area contributed by atoms with E-state index in [0.29, 0.717) is 36.5 Å². The third-order valence-electron chi connectivity index (χ3n) is 4.26. The molecule has 1 fully saturated rings. The van der Waals surface area contributed by atoms with E-state index in [2.05, 4.69) is 0 Å². The number of amides is 1. The van der Waals surface area contributed by atoms with Crippen molar-refractivity contribution < 1.29 is 19.1 Å². The number of Topliss-reactive ketones (excluding diaryl/α,β-unsaturated/α-hetero) is 1. The maximum Gasteiger partial charge on any atom is 0.222 e. The van der Waals surface area contributed by atoms with Gasteiger partial charge >= 0.3 is 0 Å². The molecule has 0 aliphatic carbocycles. The Morgan fingerprint density at radius 2 is 1.96 bits per heavy atom. The van der Waals surface area contributed by atoms with E-state index in [0.717, 1.165) is 25.9 Å². The molecular formula is C18H26N2O4. The summed E-state index contributed by atoms with van der Waals surface area (Å²) in [5.41, 5.74) is 6.43. The van der Waals surface area contributed by atoms with Crippen LogP contribution in [0.4, 0.5) is 0 Å². The van der Waals surface area contributed by atoms with Gasteiger partial charge in [-0.05, 0) is 44.4 Å². The number of hydrogen-bond donors (Lipinski definition) is 1. The van der Waals surface area contributed by atoms with Gasteiger partial charge < -0.3 is 20.1 Å². The highest BCUT2D eigenvalue weighted by Gasteiger charge is 2.20. The van der Waals surface area contributed by atoms with Gasteiger partial charge in [-0.15, -0.1) is 0 Å². The minimum absolute atomic E-state index is 0.0216. The predicted octanol–water partition coefficient (Wildman–Crippen LogP) is 2.01. The number of rotatable bonds is 7. The Bertz CT molecular complexity index is 580. The fourth-order valence-electron chi connectivity index (χ4n) is 2.72. The van der Waals surface area contributed by atoms with Gasteiger partial charge in [-0.3, -0.25) is 9.59 Å². The molecule has 1 aromatic rings. The van der Waals surface area contributed by atoms with Crippen LogP contribution in [0.2, 0.25) is 0 Å². The van der Waals surface area contributed by atoms with Crippen molar-refractivity contribution in [2.24, 2.45) is 5.73 Å². The van der Waals surface area contributed by atoms with Crippen molar-refractivity contribution in [3.63, 3.8) is 0 Å². The van der Waals surface area contributed by atoms with E-state index in [1.165, 1.54) is 14.0 Å². The Hall–Kier alpha value is -2.08. The summed E-state index contributed by atoms with van der Waals surface area (Å²) in [6, 6.07) is 5.33. The van der Waals surface area contributed by atoms with Gasteiger partial charge in [0.15, 0.2) is 17.3 Å². The minimum Gasteiger partial charge on any atom is -0.493 e. The zero-order chi connectivity index (χ0) is 17.5. The van der Waals surface area contributed by atoms with Gasteiger partial charge in [0.2, 0.25) is 5.91 Å². The Morgan fingerprint density at radius 1 is 1.25 bits per heavy atom. The Labute approximate surface area is 142 Å². The molecule has 6 nitrogen and oxygen atoms in total. The molecular weight excluding hydrogens is 308 g/mol. The number of nitrogens with zero attached hydrogens (tertiary/aromatic N) is 1. The van der Waals surface area contributed by atoms with Crippen LogP contribution in [0.1, 0.15) is 43.0 Å². The third kappa shape index (κ3) is 4.96. The summed E-state index contributed by atoms with van der Waals surface area (Å²) in [6.45, 7) is 3.44. The molecule has 1 heterocycles. The number of piperidine rings is 1. The molecule has 0 saturated carbocycles. The molecule has 0 radical (unpaired) electrons. The number of hydrogen-bond acceptors (Lipinski definition) is 5. The molecule has 0 aromatic heterocycles. The van der Waals surface area contributed by atoms with Crippen LogP contribution in [0.15, 0.2) is 18.2 Å². The number of likely N-dealkylation sites (tertiary alicyclic amines) is 1. The van der Waals surface area contributed by atoms with Crippen molar-refractivity contribution in [1.82, 2.24) is 4.90 Å². The van der Waals surface area contributed by atoms with Gasteiger partial charge in [0.1, 0.15) is 0 Å². The number of carbonyl (C=O) groups is 2. The first kappa shape index (κ1) is 18.3. The van der Waals surface area contributed by atoms with Gasteiger partial charge in [-0.25, -0.2) is 0 Å². The highest BCUT2D eigenvalue weighted by Crippen LogP contribution is 2.28. The van der Waals surface area contributed by atoms with E-state index in [1.807, 2.05) is 4.90 Å². The van der Waals surface area contributed by atoms with Crippen LogP contribution >= 0.6 is 0 Å². The lowest BCUT2D eigenvalue weighted by molar-refractivity contribution is -0.132.